The Morgan fingerprint density at radius 3 is 3.12 bits per heavy atom. The second kappa shape index (κ2) is 7.27. The normalized spacial score (nSPS) is 12.5. The molecule has 0 radical (unpaired) electrons. The lowest BCUT2D eigenvalue weighted by Crippen LogP contribution is -2.12. The number of aromatic nitrogens is 1. The summed E-state index contributed by atoms with van der Waals surface area (Å²) in [5.41, 5.74) is 4.64. The Balaban J connectivity index is 1.50. The Hall–Kier alpha value is -2.70. The first-order chi connectivity index (χ1) is 12.7. The summed E-state index contributed by atoms with van der Waals surface area (Å²) in [6.45, 7) is 1.21. The second-order valence-corrected chi connectivity index (χ2v) is 6.90. The van der Waals surface area contributed by atoms with Gasteiger partial charge in [-0.3, -0.25) is 10.1 Å². The average molecular weight is 366 g/mol. The first-order valence-corrected chi connectivity index (χ1v) is 9.22. The first kappa shape index (κ1) is 16.8. The van der Waals surface area contributed by atoms with E-state index in [0.29, 0.717) is 17.3 Å². The standard InChI is InChI=1S/C20H18N2O3S/c1-24-11-13-3-2-4-16(9-13)19(23)22-20-21-17(12-26-20)14-5-6-18-15(10-14)7-8-25-18/h2-6,9-10,12H,7-8,11H2,1H3,(H,21,22,23). The Kier molecular flexibility index (Phi) is 4.69. The highest BCUT2D eigenvalue weighted by Crippen LogP contribution is 2.32. The van der Waals surface area contributed by atoms with Crippen LogP contribution in [0.25, 0.3) is 11.3 Å². The van der Waals surface area contributed by atoms with Crippen LogP contribution in [0.15, 0.2) is 47.8 Å². The number of nitrogens with zero attached hydrogens (tertiary/aromatic N) is 1. The summed E-state index contributed by atoms with van der Waals surface area (Å²) in [6.07, 6.45) is 0.925. The van der Waals surface area contributed by atoms with Gasteiger partial charge in [0.2, 0.25) is 0 Å². The van der Waals surface area contributed by atoms with Crippen molar-refractivity contribution in [2.24, 2.45) is 0 Å². The van der Waals surface area contributed by atoms with Gasteiger partial charge in [-0.2, -0.15) is 0 Å². The summed E-state index contributed by atoms with van der Waals surface area (Å²) >= 11 is 1.42. The molecular formula is C20H18N2O3S. The lowest BCUT2D eigenvalue weighted by molar-refractivity contribution is 0.102. The number of amides is 1. The Bertz CT molecular complexity index is 952. The number of methoxy groups -OCH3 is 1. The molecule has 1 N–H and O–H groups in total. The molecule has 1 aromatic heterocycles. The van der Waals surface area contributed by atoms with E-state index in [1.807, 2.05) is 35.7 Å². The van der Waals surface area contributed by atoms with Crippen molar-refractivity contribution < 1.29 is 14.3 Å². The predicted molar refractivity (Wildman–Crippen MR) is 102 cm³/mol. The van der Waals surface area contributed by atoms with Crippen molar-refractivity contribution in [2.75, 3.05) is 19.0 Å². The number of fused-ring (bicyclic) bond motifs is 1. The lowest BCUT2D eigenvalue weighted by atomic mass is 10.1. The van der Waals surface area contributed by atoms with Crippen molar-refractivity contribution in [2.45, 2.75) is 13.0 Å². The zero-order valence-electron chi connectivity index (χ0n) is 14.3. The van der Waals surface area contributed by atoms with E-state index in [1.54, 1.807) is 13.2 Å². The predicted octanol–water partition coefficient (Wildman–Crippen LogP) is 4.14. The van der Waals surface area contributed by atoms with Gasteiger partial charge >= 0.3 is 0 Å². The van der Waals surface area contributed by atoms with E-state index in [-0.39, 0.29) is 5.91 Å². The van der Waals surface area contributed by atoms with Crippen molar-refractivity contribution in [3.8, 4) is 17.0 Å². The fraction of sp³-hybridized carbons (Fsp3) is 0.200. The number of hydrogen-bond acceptors (Lipinski definition) is 5. The molecule has 5 nitrogen and oxygen atoms in total. The molecule has 0 spiro atoms. The van der Waals surface area contributed by atoms with Gasteiger partial charge in [-0.15, -0.1) is 11.3 Å². The molecule has 2 heterocycles. The van der Waals surface area contributed by atoms with Crippen molar-refractivity contribution in [1.29, 1.82) is 0 Å². The summed E-state index contributed by atoms with van der Waals surface area (Å²) in [4.78, 5) is 17.0. The fourth-order valence-corrected chi connectivity index (χ4v) is 3.66. The molecule has 1 aliphatic heterocycles. The van der Waals surface area contributed by atoms with E-state index < -0.39 is 0 Å². The third kappa shape index (κ3) is 3.47. The van der Waals surface area contributed by atoms with Gasteiger partial charge in [0.25, 0.3) is 5.91 Å². The maximum atomic E-state index is 12.5. The summed E-state index contributed by atoms with van der Waals surface area (Å²) < 4.78 is 10.7. The summed E-state index contributed by atoms with van der Waals surface area (Å²) in [7, 11) is 1.63. The van der Waals surface area contributed by atoms with E-state index in [2.05, 4.69) is 16.4 Å². The van der Waals surface area contributed by atoms with E-state index in [9.17, 15) is 4.79 Å². The largest absolute Gasteiger partial charge is 0.493 e. The van der Waals surface area contributed by atoms with Gasteiger partial charge < -0.3 is 9.47 Å². The molecule has 132 valence electrons. The molecule has 0 unspecified atom stereocenters. The minimum atomic E-state index is -0.175. The first-order valence-electron chi connectivity index (χ1n) is 8.34. The summed E-state index contributed by atoms with van der Waals surface area (Å²) in [5.74, 6) is 0.777. The number of thiazole rings is 1. The van der Waals surface area contributed by atoms with Crippen LogP contribution in [0.1, 0.15) is 21.5 Å². The second-order valence-electron chi connectivity index (χ2n) is 6.05. The van der Waals surface area contributed by atoms with Crippen molar-refractivity contribution in [1.82, 2.24) is 4.98 Å². The fourth-order valence-electron chi connectivity index (χ4n) is 2.95. The molecule has 0 fully saturated rings. The Morgan fingerprint density at radius 2 is 2.23 bits per heavy atom. The van der Waals surface area contributed by atoms with Crippen LogP contribution in [0.5, 0.6) is 5.75 Å². The van der Waals surface area contributed by atoms with Gasteiger partial charge in [0, 0.05) is 30.0 Å². The lowest BCUT2D eigenvalue weighted by Gasteiger charge is -2.05. The zero-order valence-corrected chi connectivity index (χ0v) is 15.1. The smallest absolute Gasteiger partial charge is 0.257 e. The molecule has 1 amide bonds. The highest BCUT2D eigenvalue weighted by molar-refractivity contribution is 7.14. The Labute approximate surface area is 155 Å². The maximum Gasteiger partial charge on any atom is 0.257 e. The molecule has 26 heavy (non-hydrogen) atoms. The number of rotatable bonds is 5. The van der Waals surface area contributed by atoms with E-state index in [4.69, 9.17) is 9.47 Å². The van der Waals surface area contributed by atoms with Crippen molar-refractivity contribution in [3.05, 3.63) is 64.5 Å². The van der Waals surface area contributed by atoms with Crippen LogP contribution >= 0.6 is 11.3 Å². The van der Waals surface area contributed by atoms with Gasteiger partial charge in [-0.1, -0.05) is 12.1 Å². The van der Waals surface area contributed by atoms with Crippen molar-refractivity contribution >= 4 is 22.4 Å². The molecule has 4 rings (SSSR count). The molecule has 6 heteroatoms. The van der Waals surface area contributed by atoms with Crippen LogP contribution in [-0.4, -0.2) is 24.6 Å². The third-order valence-electron chi connectivity index (χ3n) is 4.21. The molecule has 2 aromatic carbocycles. The van der Waals surface area contributed by atoms with Crippen LogP contribution in [0.4, 0.5) is 5.13 Å². The summed E-state index contributed by atoms with van der Waals surface area (Å²) in [6, 6.07) is 13.5. The number of nitrogens with one attached hydrogen (secondary N) is 1. The number of hydrogen-bond donors (Lipinski definition) is 1. The van der Waals surface area contributed by atoms with Crippen LogP contribution in [0.3, 0.4) is 0 Å². The van der Waals surface area contributed by atoms with E-state index >= 15 is 0 Å². The molecule has 0 saturated carbocycles. The highest BCUT2D eigenvalue weighted by atomic mass is 32.1. The molecule has 3 aromatic rings. The van der Waals surface area contributed by atoms with Crippen molar-refractivity contribution in [3.63, 3.8) is 0 Å². The Morgan fingerprint density at radius 1 is 1.31 bits per heavy atom. The van der Waals surface area contributed by atoms with E-state index in [0.717, 1.165) is 35.6 Å². The number of carbonyl (C=O) groups is 1. The minimum absolute atomic E-state index is 0.175. The van der Waals surface area contributed by atoms with Gasteiger partial charge in [0.1, 0.15) is 5.75 Å². The average Bonchev–Trinajstić information content (AvgIpc) is 3.30. The zero-order chi connectivity index (χ0) is 17.9. The quantitative estimate of drug-likeness (QED) is 0.737. The van der Waals surface area contributed by atoms with Crippen LogP contribution in [0, 0.1) is 0 Å². The molecule has 0 atom stereocenters. The highest BCUT2D eigenvalue weighted by Gasteiger charge is 2.15. The number of benzene rings is 2. The summed E-state index contributed by atoms with van der Waals surface area (Å²) in [5, 5.41) is 5.41. The number of anilines is 1. The SMILES string of the molecule is COCc1cccc(C(=O)Nc2nc(-c3ccc4c(c3)CCO4)cs2)c1. The van der Waals surface area contributed by atoms with E-state index in [1.165, 1.54) is 16.9 Å². The van der Waals surface area contributed by atoms with Crippen LogP contribution in [0.2, 0.25) is 0 Å². The monoisotopic (exact) mass is 366 g/mol. The molecule has 0 bridgehead atoms. The molecular weight excluding hydrogens is 348 g/mol. The van der Waals surface area contributed by atoms with Gasteiger partial charge in [-0.25, -0.2) is 4.98 Å². The van der Waals surface area contributed by atoms with Crippen LogP contribution in [-0.2, 0) is 17.8 Å². The van der Waals surface area contributed by atoms with Gasteiger partial charge in [0.05, 0.1) is 18.9 Å². The molecule has 0 aliphatic carbocycles. The van der Waals surface area contributed by atoms with Crippen LogP contribution < -0.4 is 10.1 Å². The van der Waals surface area contributed by atoms with Gasteiger partial charge in [0.15, 0.2) is 5.13 Å². The topological polar surface area (TPSA) is 60.5 Å². The third-order valence-corrected chi connectivity index (χ3v) is 4.97. The minimum Gasteiger partial charge on any atom is -0.493 e. The molecule has 1 aliphatic rings. The van der Waals surface area contributed by atoms with Gasteiger partial charge in [-0.05, 0) is 41.5 Å². The molecule has 0 saturated heterocycles. The number of carbonyl (C=O) groups excluding carboxylic acids is 1. The number of ether oxygens (including phenoxy) is 2. The maximum absolute atomic E-state index is 12.5.